The number of aromatic nitrogens is 1. The lowest BCUT2D eigenvalue weighted by Gasteiger charge is -2.28. The molecule has 4 rings (SSSR count). The predicted octanol–water partition coefficient (Wildman–Crippen LogP) is 2.55. The van der Waals surface area contributed by atoms with Gasteiger partial charge in [0, 0.05) is 30.6 Å². The molecule has 142 valence electrons. The maximum atomic E-state index is 11.7. The lowest BCUT2D eigenvalue weighted by atomic mass is 9.87. The summed E-state index contributed by atoms with van der Waals surface area (Å²) < 4.78 is 11.1. The molecule has 2 atom stereocenters. The number of hydrogen-bond donors (Lipinski definition) is 1. The Balaban J connectivity index is 1.67. The molecule has 3 aliphatic rings. The van der Waals surface area contributed by atoms with E-state index < -0.39 is 10.8 Å². The molecule has 1 aromatic heterocycles. The van der Waals surface area contributed by atoms with Crippen molar-refractivity contribution >= 4 is 11.9 Å². The van der Waals surface area contributed by atoms with E-state index in [1.807, 2.05) is 6.07 Å². The first kappa shape index (κ1) is 17.9. The van der Waals surface area contributed by atoms with Crippen molar-refractivity contribution in [1.29, 1.82) is 5.26 Å². The van der Waals surface area contributed by atoms with Crippen LogP contribution in [-0.4, -0.2) is 35.4 Å². The van der Waals surface area contributed by atoms with Crippen LogP contribution < -0.4 is 5.32 Å². The average Bonchev–Trinajstić information content (AvgIpc) is 3.21. The van der Waals surface area contributed by atoms with Crippen molar-refractivity contribution < 1.29 is 14.4 Å². The third-order valence-electron chi connectivity index (χ3n) is 4.76. The molecule has 2 aliphatic heterocycles. The van der Waals surface area contributed by atoms with E-state index in [1.165, 1.54) is 6.21 Å². The summed E-state index contributed by atoms with van der Waals surface area (Å²) in [5, 5.41) is 24.4. The highest BCUT2D eigenvalue weighted by atomic mass is 16.6. The van der Waals surface area contributed by atoms with Crippen LogP contribution in [0.1, 0.15) is 12.8 Å². The van der Waals surface area contributed by atoms with Crippen molar-refractivity contribution in [2.24, 2.45) is 10.9 Å². The quantitative estimate of drug-likeness (QED) is 0.616. The molecule has 1 aliphatic carbocycles. The third-order valence-corrected chi connectivity index (χ3v) is 4.76. The molecule has 1 saturated heterocycles. The van der Waals surface area contributed by atoms with E-state index in [-0.39, 0.29) is 24.0 Å². The van der Waals surface area contributed by atoms with Gasteiger partial charge in [0.05, 0.1) is 53.6 Å². The Morgan fingerprint density at radius 1 is 1.46 bits per heavy atom. The number of ether oxygens (including phenoxy) is 2. The van der Waals surface area contributed by atoms with Gasteiger partial charge in [-0.15, -0.1) is 0 Å². The number of nitrogens with one attached hydrogen (secondary N) is 1. The lowest BCUT2D eigenvalue weighted by Crippen LogP contribution is -2.26. The number of nitriles is 1. The molecule has 0 aromatic carbocycles. The van der Waals surface area contributed by atoms with E-state index >= 15 is 0 Å². The molecule has 0 spiro atoms. The van der Waals surface area contributed by atoms with Crippen molar-refractivity contribution in [3.8, 4) is 6.07 Å². The van der Waals surface area contributed by atoms with Crippen LogP contribution in [0.25, 0.3) is 0 Å². The Labute approximate surface area is 160 Å². The molecule has 0 saturated carbocycles. The van der Waals surface area contributed by atoms with Crippen LogP contribution in [0, 0.1) is 27.4 Å². The number of dihydropyridines is 1. The summed E-state index contributed by atoms with van der Waals surface area (Å²) in [5.74, 6) is -0.225. The Morgan fingerprint density at radius 3 is 3.04 bits per heavy atom. The molecule has 28 heavy (non-hydrogen) atoms. The number of fused-ring (bicyclic) bond motifs is 1. The van der Waals surface area contributed by atoms with Gasteiger partial charge in [0.15, 0.2) is 5.76 Å². The van der Waals surface area contributed by atoms with Gasteiger partial charge in [0.2, 0.25) is 0 Å². The first-order valence-corrected chi connectivity index (χ1v) is 8.84. The van der Waals surface area contributed by atoms with Crippen LogP contribution in [0.3, 0.4) is 0 Å². The van der Waals surface area contributed by atoms with Crippen LogP contribution in [-0.2, 0) is 9.47 Å². The average molecular weight is 379 g/mol. The maximum Gasteiger partial charge on any atom is 0.288 e. The molecule has 1 N–H and O–H groups in total. The van der Waals surface area contributed by atoms with Gasteiger partial charge in [-0.25, -0.2) is 0 Å². The SMILES string of the molecule is N#CC1=C(Nc2cccnc2)C2CC([N+](=O)[O-])=C(OC3CCOC3)C=C2N=C1. The van der Waals surface area contributed by atoms with Gasteiger partial charge in [-0.05, 0) is 12.1 Å². The Hall–Kier alpha value is -3.51. The Kier molecular flexibility index (Phi) is 4.87. The second kappa shape index (κ2) is 7.62. The van der Waals surface area contributed by atoms with E-state index in [1.54, 1.807) is 24.5 Å². The zero-order valence-electron chi connectivity index (χ0n) is 14.9. The van der Waals surface area contributed by atoms with E-state index in [0.29, 0.717) is 42.3 Å². The number of rotatable bonds is 5. The van der Waals surface area contributed by atoms with E-state index in [2.05, 4.69) is 21.4 Å². The fourth-order valence-electron chi connectivity index (χ4n) is 3.38. The van der Waals surface area contributed by atoms with E-state index in [4.69, 9.17) is 9.47 Å². The second-order valence-corrected chi connectivity index (χ2v) is 6.56. The van der Waals surface area contributed by atoms with Crippen LogP contribution in [0.4, 0.5) is 5.69 Å². The Morgan fingerprint density at radius 2 is 2.36 bits per heavy atom. The molecule has 3 heterocycles. The van der Waals surface area contributed by atoms with Crippen LogP contribution >= 0.6 is 0 Å². The standard InChI is InChI=1S/C19H17N5O4/c20-8-12-9-22-16-7-18(28-14-3-5-27-11-14)17(24(25)26)6-15(16)19(12)23-13-2-1-4-21-10-13/h1-2,4,7,9-10,14-15,23H,3,5-6,11H2. The summed E-state index contributed by atoms with van der Waals surface area (Å²) in [7, 11) is 0. The molecule has 0 amide bonds. The first-order chi connectivity index (χ1) is 13.7. The minimum atomic E-state index is -0.438. The fourth-order valence-corrected chi connectivity index (χ4v) is 3.38. The summed E-state index contributed by atoms with van der Waals surface area (Å²) in [6.07, 6.45) is 6.89. The van der Waals surface area contributed by atoms with Crippen molar-refractivity contribution in [3.05, 3.63) is 69.1 Å². The molecule has 0 bridgehead atoms. The highest BCUT2D eigenvalue weighted by Gasteiger charge is 2.37. The number of aliphatic imine (C=N–C) groups is 1. The van der Waals surface area contributed by atoms with Gasteiger partial charge in [-0.1, -0.05) is 0 Å². The maximum absolute atomic E-state index is 11.7. The smallest absolute Gasteiger partial charge is 0.288 e. The number of pyridine rings is 1. The van der Waals surface area contributed by atoms with E-state index in [0.717, 1.165) is 0 Å². The van der Waals surface area contributed by atoms with Crippen molar-refractivity contribution in [1.82, 2.24) is 4.98 Å². The first-order valence-electron chi connectivity index (χ1n) is 8.84. The molecule has 9 heteroatoms. The molecule has 9 nitrogen and oxygen atoms in total. The number of anilines is 1. The van der Waals surface area contributed by atoms with Crippen LogP contribution in [0.5, 0.6) is 0 Å². The molecular weight excluding hydrogens is 362 g/mol. The minimum Gasteiger partial charge on any atom is -0.481 e. The topological polar surface area (TPSA) is 123 Å². The van der Waals surface area contributed by atoms with Gasteiger partial charge in [0.1, 0.15) is 12.2 Å². The molecule has 1 aromatic rings. The van der Waals surface area contributed by atoms with Gasteiger partial charge >= 0.3 is 0 Å². The summed E-state index contributed by atoms with van der Waals surface area (Å²) in [4.78, 5) is 19.7. The van der Waals surface area contributed by atoms with Gasteiger partial charge < -0.3 is 14.8 Å². The number of nitro groups is 1. The molecular formula is C19H17N5O4. The Bertz CT molecular complexity index is 952. The summed E-state index contributed by atoms with van der Waals surface area (Å²) in [6, 6.07) is 5.68. The normalized spacial score (nSPS) is 23.8. The van der Waals surface area contributed by atoms with Gasteiger partial charge in [-0.2, -0.15) is 5.26 Å². The van der Waals surface area contributed by atoms with Gasteiger partial charge in [-0.3, -0.25) is 20.1 Å². The second-order valence-electron chi connectivity index (χ2n) is 6.56. The van der Waals surface area contributed by atoms with Crippen LogP contribution in [0.15, 0.2) is 64.0 Å². The van der Waals surface area contributed by atoms with Crippen LogP contribution in [0.2, 0.25) is 0 Å². The summed E-state index contributed by atoms with van der Waals surface area (Å²) in [6.45, 7) is 0.993. The monoisotopic (exact) mass is 379 g/mol. The highest BCUT2D eigenvalue weighted by molar-refractivity contribution is 5.88. The highest BCUT2D eigenvalue weighted by Crippen LogP contribution is 2.39. The largest absolute Gasteiger partial charge is 0.481 e. The van der Waals surface area contributed by atoms with Crippen molar-refractivity contribution in [2.75, 3.05) is 18.5 Å². The summed E-state index contributed by atoms with van der Waals surface area (Å²) in [5.41, 5.74) is 2.18. The number of nitrogens with zero attached hydrogens (tertiary/aromatic N) is 4. The lowest BCUT2D eigenvalue weighted by molar-refractivity contribution is -0.432. The summed E-state index contributed by atoms with van der Waals surface area (Å²) >= 11 is 0. The molecule has 1 fully saturated rings. The predicted molar refractivity (Wildman–Crippen MR) is 99.5 cm³/mol. The molecule has 2 unspecified atom stereocenters. The zero-order valence-corrected chi connectivity index (χ0v) is 14.9. The number of hydrogen-bond acceptors (Lipinski definition) is 8. The zero-order chi connectivity index (χ0) is 19.5. The third kappa shape index (κ3) is 3.50. The van der Waals surface area contributed by atoms with Crippen molar-refractivity contribution in [2.45, 2.75) is 18.9 Å². The van der Waals surface area contributed by atoms with Crippen molar-refractivity contribution in [3.63, 3.8) is 0 Å². The fraction of sp³-hybridized carbons (Fsp3) is 0.316. The van der Waals surface area contributed by atoms with E-state index in [9.17, 15) is 15.4 Å². The minimum absolute atomic E-state index is 0.0273. The van der Waals surface area contributed by atoms with Gasteiger partial charge in [0.25, 0.3) is 5.70 Å². The molecule has 0 radical (unpaired) electrons. The number of allylic oxidation sites excluding steroid dienone is 3.